The number of para-hydroxylation sites is 1. The van der Waals surface area contributed by atoms with Crippen molar-refractivity contribution in [2.24, 2.45) is 0 Å². The number of nitrogens with zero attached hydrogens (tertiary/aromatic N) is 3. The van der Waals surface area contributed by atoms with Crippen LogP contribution in [0, 0.1) is 0 Å². The van der Waals surface area contributed by atoms with Gasteiger partial charge in [-0.1, -0.05) is 18.2 Å². The highest BCUT2D eigenvalue weighted by atomic mass is 31.2. The minimum atomic E-state index is -4.03. The first-order valence-electron chi connectivity index (χ1n) is 10.7. The maximum atomic E-state index is 11.2. The van der Waals surface area contributed by atoms with Gasteiger partial charge in [0.15, 0.2) is 37.9 Å². The molecule has 0 radical (unpaired) electrons. The van der Waals surface area contributed by atoms with Gasteiger partial charge in [-0.15, -0.1) is 0 Å². The van der Waals surface area contributed by atoms with Crippen molar-refractivity contribution >= 4 is 13.9 Å². The zero-order valence-electron chi connectivity index (χ0n) is 18.1. The quantitative estimate of drug-likeness (QED) is 0.227. The van der Waals surface area contributed by atoms with Crippen LogP contribution in [0.5, 0.6) is 0 Å². The molecule has 0 saturated carbocycles. The van der Waals surface area contributed by atoms with Crippen LogP contribution < -0.4 is 9.13 Å². The molecule has 0 saturated heterocycles. The van der Waals surface area contributed by atoms with Crippen molar-refractivity contribution in [3.63, 3.8) is 0 Å². The summed E-state index contributed by atoms with van der Waals surface area (Å²) in [4.78, 5) is 28.9. The lowest BCUT2D eigenvalue weighted by atomic mass is 10.2. The van der Waals surface area contributed by atoms with Gasteiger partial charge >= 0.3 is 7.60 Å². The van der Waals surface area contributed by atoms with Crippen molar-refractivity contribution in [3.8, 4) is 28.2 Å². The number of hydrogen-bond acceptors (Lipinski definition) is 2. The molecule has 7 nitrogen and oxygen atoms in total. The molecule has 4 rings (SSSR count). The van der Waals surface area contributed by atoms with Gasteiger partial charge in [0.1, 0.15) is 12.4 Å². The second-order valence-corrected chi connectivity index (χ2v) is 9.54. The van der Waals surface area contributed by atoms with E-state index in [-0.39, 0.29) is 12.7 Å². The Kier molecular flexibility index (Phi) is 6.94. The molecule has 0 aliphatic heterocycles. The molecule has 4 aromatic rings. The Balaban J connectivity index is 1.70. The smallest absolute Gasteiger partial charge is 0.324 e. The average Bonchev–Trinajstić information content (AvgIpc) is 3.27. The van der Waals surface area contributed by atoms with Crippen LogP contribution in [0.2, 0.25) is 0 Å². The first-order chi connectivity index (χ1) is 15.9. The zero-order chi connectivity index (χ0) is 23.3. The lowest BCUT2D eigenvalue weighted by Crippen LogP contribution is -2.34. The molecule has 0 amide bonds. The van der Waals surface area contributed by atoms with Gasteiger partial charge in [-0.25, -0.2) is 9.13 Å². The molecular formula is C25H26N3O4P+2. The lowest BCUT2D eigenvalue weighted by Gasteiger charge is -2.14. The monoisotopic (exact) mass is 463 g/mol. The molecule has 33 heavy (non-hydrogen) atoms. The molecule has 2 N–H and O–H groups in total. The largest absolute Gasteiger partial charge is 0.331 e. The van der Waals surface area contributed by atoms with E-state index in [2.05, 4.69) is 28.8 Å². The molecule has 0 spiro atoms. The molecule has 3 heterocycles. The van der Waals surface area contributed by atoms with Crippen LogP contribution in [0.25, 0.3) is 28.2 Å². The van der Waals surface area contributed by atoms with E-state index in [1.807, 2.05) is 71.8 Å². The van der Waals surface area contributed by atoms with E-state index >= 15 is 0 Å². The predicted molar refractivity (Wildman–Crippen MR) is 125 cm³/mol. The number of benzene rings is 1. The standard InChI is InChI=1S/C25H24N3O4P/c29-19-4-13-26-14-9-21(10-15-26)24-7-8-25(28(24)23-5-2-1-3-6-23)22-11-16-27(17-12-22)18-20-33(30,31)32/h1-3,5-12,14-17,19H,4,13,18,20H2/p+2. The summed E-state index contributed by atoms with van der Waals surface area (Å²) in [6.45, 7) is 0.907. The number of aromatic nitrogens is 3. The molecule has 0 unspecified atom stereocenters. The Morgan fingerprint density at radius 1 is 0.758 bits per heavy atom. The Hall–Kier alpha value is -3.38. The fraction of sp³-hybridized carbons (Fsp3) is 0.160. The highest BCUT2D eigenvalue weighted by Crippen LogP contribution is 2.34. The molecule has 1 aromatic carbocycles. The van der Waals surface area contributed by atoms with Gasteiger partial charge < -0.3 is 19.1 Å². The number of hydrogen-bond donors (Lipinski definition) is 2. The Morgan fingerprint density at radius 3 is 1.76 bits per heavy atom. The van der Waals surface area contributed by atoms with Crippen molar-refractivity contribution < 1.29 is 28.3 Å². The first-order valence-corrected chi connectivity index (χ1v) is 12.5. The number of carbonyl (C=O) groups is 1. The highest BCUT2D eigenvalue weighted by molar-refractivity contribution is 7.51. The average molecular weight is 463 g/mol. The number of carbonyl (C=O) groups excluding carboxylic acids is 1. The summed E-state index contributed by atoms with van der Waals surface area (Å²) in [5, 5.41) is 0. The third-order valence-corrected chi connectivity index (χ3v) is 6.21. The van der Waals surface area contributed by atoms with Crippen molar-refractivity contribution in [3.05, 3.63) is 91.5 Å². The van der Waals surface area contributed by atoms with Crippen LogP contribution >= 0.6 is 7.60 Å². The Morgan fingerprint density at radius 2 is 1.27 bits per heavy atom. The van der Waals surface area contributed by atoms with E-state index < -0.39 is 7.60 Å². The van der Waals surface area contributed by atoms with Gasteiger partial charge in [-0.3, -0.25) is 4.57 Å². The van der Waals surface area contributed by atoms with Crippen molar-refractivity contribution in [1.29, 1.82) is 0 Å². The number of pyridine rings is 2. The molecular weight excluding hydrogens is 437 g/mol. The van der Waals surface area contributed by atoms with Gasteiger partial charge in [0.05, 0.1) is 17.8 Å². The maximum absolute atomic E-state index is 11.2. The van der Waals surface area contributed by atoms with E-state index in [9.17, 15) is 9.36 Å². The first kappa shape index (κ1) is 22.8. The highest BCUT2D eigenvalue weighted by Gasteiger charge is 2.18. The third-order valence-electron chi connectivity index (χ3n) is 5.42. The maximum Gasteiger partial charge on any atom is 0.331 e. The molecule has 168 valence electrons. The van der Waals surface area contributed by atoms with Crippen LogP contribution in [-0.2, 0) is 22.4 Å². The molecule has 0 bridgehead atoms. The van der Waals surface area contributed by atoms with E-state index in [1.165, 1.54) is 0 Å². The SMILES string of the molecule is O=CCC[n+]1ccc(-c2ccc(-c3cc[n+](CCP(=O)(O)O)cc3)n2-c2ccccc2)cc1. The lowest BCUT2D eigenvalue weighted by molar-refractivity contribution is -0.695. The predicted octanol–water partition coefficient (Wildman–Crippen LogP) is 3.15. The summed E-state index contributed by atoms with van der Waals surface area (Å²) in [5.41, 5.74) is 5.13. The molecule has 8 heteroatoms. The third kappa shape index (κ3) is 5.71. The number of rotatable bonds is 9. The summed E-state index contributed by atoms with van der Waals surface area (Å²) in [7, 11) is -4.03. The van der Waals surface area contributed by atoms with E-state index in [4.69, 9.17) is 9.79 Å². The summed E-state index contributed by atoms with van der Waals surface area (Å²) < 4.78 is 17.1. The van der Waals surface area contributed by atoms with Crippen LogP contribution in [0.4, 0.5) is 0 Å². The summed E-state index contributed by atoms with van der Waals surface area (Å²) in [6, 6.07) is 22.3. The minimum Gasteiger partial charge on any atom is -0.324 e. The second-order valence-electron chi connectivity index (χ2n) is 7.77. The molecule has 0 aliphatic carbocycles. The topological polar surface area (TPSA) is 87.3 Å². The van der Waals surface area contributed by atoms with Crippen molar-refractivity contribution in [1.82, 2.24) is 4.57 Å². The van der Waals surface area contributed by atoms with E-state index in [0.717, 1.165) is 34.5 Å². The van der Waals surface area contributed by atoms with Crippen LogP contribution in [0.3, 0.4) is 0 Å². The molecule has 3 aromatic heterocycles. The zero-order valence-corrected chi connectivity index (χ0v) is 19.0. The van der Waals surface area contributed by atoms with Gasteiger partial charge in [-0.2, -0.15) is 0 Å². The Bertz CT molecular complexity index is 1260. The number of aldehydes is 1. The summed E-state index contributed by atoms with van der Waals surface area (Å²) >= 11 is 0. The van der Waals surface area contributed by atoms with Gasteiger partial charge in [0.2, 0.25) is 0 Å². The Labute approximate surface area is 192 Å². The van der Waals surface area contributed by atoms with Gasteiger partial charge in [-0.05, 0) is 24.3 Å². The minimum absolute atomic E-state index is 0.192. The van der Waals surface area contributed by atoms with Crippen molar-refractivity contribution in [2.45, 2.75) is 19.5 Å². The normalized spacial score (nSPS) is 11.5. The molecule has 0 atom stereocenters. The number of aryl methyl sites for hydroxylation is 2. The van der Waals surface area contributed by atoms with Crippen LogP contribution in [0.15, 0.2) is 91.5 Å². The van der Waals surface area contributed by atoms with Gasteiger partial charge in [0, 0.05) is 41.1 Å². The fourth-order valence-electron chi connectivity index (χ4n) is 3.74. The van der Waals surface area contributed by atoms with E-state index in [1.54, 1.807) is 4.57 Å². The van der Waals surface area contributed by atoms with Crippen LogP contribution in [0.1, 0.15) is 6.42 Å². The summed E-state index contributed by atoms with van der Waals surface area (Å²) in [6.07, 6.45) is 8.85. The van der Waals surface area contributed by atoms with E-state index in [0.29, 0.717) is 13.0 Å². The fourth-order valence-corrected chi connectivity index (χ4v) is 4.24. The van der Waals surface area contributed by atoms with Gasteiger partial charge in [0.25, 0.3) is 0 Å². The summed E-state index contributed by atoms with van der Waals surface area (Å²) in [5.74, 6) is 0. The molecule has 0 fully saturated rings. The van der Waals surface area contributed by atoms with Crippen molar-refractivity contribution in [2.75, 3.05) is 6.16 Å². The molecule has 0 aliphatic rings. The van der Waals surface area contributed by atoms with Crippen LogP contribution in [-0.4, -0.2) is 26.8 Å². The second kappa shape index (κ2) is 10.0.